The van der Waals surface area contributed by atoms with E-state index < -0.39 is 0 Å². The van der Waals surface area contributed by atoms with Gasteiger partial charge in [-0.05, 0) is 56.1 Å². The minimum absolute atomic E-state index is 0.00559. The summed E-state index contributed by atoms with van der Waals surface area (Å²) < 4.78 is 15.6. The first kappa shape index (κ1) is 23.0. The van der Waals surface area contributed by atoms with E-state index in [9.17, 15) is 9.59 Å². The molecule has 0 aliphatic rings. The molecule has 8 nitrogen and oxygen atoms in total. The molecule has 30 heavy (non-hydrogen) atoms. The van der Waals surface area contributed by atoms with Gasteiger partial charge in [-0.3, -0.25) is 9.59 Å². The zero-order valence-corrected chi connectivity index (χ0v) is 17.8. The molecule has 2 rings (SSSR count). The lowest BCUT2D eigenvalue weighted by molar-refractivity contribution is -0.127. The molecular formula is C22H29N3O5. The van der Waals surface area contributed by atoms with Crippen molar-refractivity contribution in [3.05, 3.63) is 54.1 Å². The highest BCUT2D eigenvalue weighted by molar-refractivity contribution is 5.85. The standard InChI is InChI=1S/C22H29N3O5/c1-25(2)20(16-5-7-17(28-3)8-6-16)13-23-21(26)14-24-22(27)15-30-19-11-9-18(29-4)10-12-19/h5-12,20H,13-15H2,1-4H3,(H,23,26)(H,24,27). The van der Waals surface area contributed by atoms with E-state index >= 15 is 0 Å². The fraction of sp³-hybridized carbons (Fsp3) is 0.364. The molecule has 1 atom stereocenters. The van der Waals surface area contributed by atoms with Crippen molar-refractivity contribution in [1.29, 1.82) is 0 Å². The predicted octanol–water partition coefficient (Wildman–Crippen LogP) is 1.62. The van der Waals surface area contributed by atoms with Gasteiger partial charge in [0.25, 0.3) is 5.91 Å². The number of carbonyl (C=O) groups is 2. The van der Waals surface area contributed by atoms with Gasteiger partial charge in [0.15, 0.2) is 6.61 Å². The van der Waals surface area contributed by atoms with Crippen LogP contribution in [-0.2, 0) is 9.59 Å². The minimum Gasteiger partial charge on any atom is -0.497 e. The van der Waals surface area contributed by atoms with Crippen LogP contribution >= 0.6 is 0 Å². The van der Waals surface area contributed by atoms with Gasteiger partial charge >= 0.3 is 0 Å². The third-order valence-corrected chi connectivity index (χ3v) is 4.49. The van der Waals surface area contributed by atoms with E-state index in [1.807, 2.05) is 43.3 Å². The number of likely N-dealkylation sites (N-methyl/N-ethyl adjacent to an activating group) is 1. The summed E-state index contributed by atoms with van der Waals surface area (Å²) in [4.78, 5) is 26.1. The van der Waals surface area contributed by atoms with Crippen LogP contribution in [-0.4, -0.2) is 64.7 Å². The van der Waals surface area contributed by atoms with Crippen LogP contribution in [0.3, 0.4) is 0 Å². The molecule has 0 saturated heterocycles. The molecule has 162 valence electrons. The Hall–Kier alpha value is -3.26. The lowest BCUT2D eigenvalue weighted by Gasteiger charge is -2.25. The summed E-state index contributed by atoms with van der Waals surface area (Å²) in [5.74, 6) is 1.38. The van der Waals surface area contributed by atoms with E-state index in [0.29, 0.717) is 18.0 Å². The number of hydrogen-bond acceptors (Lipinski definition) is 6. The number of nitrogens with zero attached hydrogens (tertiary/aromatic N) is 1. The zero-order valence-electron chi connectivity index (χ0n) is 17.8. The summed E-state index contributed by atoms with van der Waals surface area (Å²) in [7, 11) is 7.08. The Morgan fingerprint density at radius 2 is 1.37 bits per heavy atom. The van der Waals surface area contributed by atoms with Crippen molar-refractivity contribution in [2.45, 2.75) is 6.04 Å². The van der Waals surface area contributed by atoms with E-state index in [1.165, 1.54) is 0 Å². The highest BCUT2D eigenvalue weighted by Crippen LogP contribution is 2.20. The molecule has 0 fully saturated rings. The summed E-state index contributed by atoms with van der Waals surface area (Å²) in [5, 5.41) is 5.40. The van der Waals surface area contributed by atoms with Crippen molar-refractivity contribution in [2.75, 3.05) is 48.0 Å². The molecule has 0 saturated carbocycles. The van der Waals surface area contributed by atoms with Crippen LogP contribution in [0.1, 0.15) is 11.6 Å². The average Bonchev–Trinajstić information content (AvgIpc) is 2.77. The highest BCUT2D eigenvalue weighted by Gasteiger charge is 2.16. The molecule has 0 aliphatic carbocycles. The summed E-state index contributed by atoms with van der Waals surface area (Å²) in [6.45, 7) is 0.121. The van der Waals surface area contributed by atoms with Crippen LogP contribution in [0.2, 0.25) is 0 Å². The SMILES string of the molecule is COc1ccc(OCC(=O)NCC(=O)NCC(c2ccc(OC)cc2)N(C)C)cc1. The van der Waals surface area contributed by atoms with E-state index in [-0.39, 0.29) is 31.0 Å². The predicted molar refractivity (Wildman–Crippen MR) is 114 cm³/mol. The zero-order chi connectivity index (χ0) is 21.9. The maximum absolute atomic E-state index is 12.1. The number of amides is 2. The fourth-order valence-corrected chi connectivity index (χ4v) is 2.75. The summed E-state index contributed by atoms with van der Waals surface area (Å²) in [5.41, 5.74) is 1.05. The van der Waals surface area contributed by atoms with Gasteiger partial charge in [-0.1, -0.05) is 12.1 Å². The van der Waals surface area contributed by atoms with Crippen molar-refractivity contribution < 1.29 is 23.8 Å². The second-order valence-corrected chi connectivity index (χ2v) is 6.80. The van der Waals surface area contributed by atoms with Crippen LogP contribution in [0, 0.1) is 0 Å². The van der Waals surface area contributed by atoms with Gasteiger partial charge in [0.1, 0.15) is 17.2 Å². The van der Waals surface area contributed by atoms with Crippen molar-refractivity contribution in [3.8, 4) is 17.2 Å². The molecule has 2 aromatic rings. The monoisotopic (exact) mass is 415 g/mol. The van der Waals surface area contributed by atoms with Crippen molar-refractivity contribution in [1.82, 2.24) is 15.5 Å². The lowest BCUT2D eigenvalue weighted by Crippen LogP contribution is -2.41. The van der Waals surface area contributed by atoms with E-state index in [1.54, 1.807) is 38.5 Å². The van der Waals surface area contributed by atoms with Crippen molar-refractivity contribution >= 4 is 11.8 Å². The van der Waals surface area contributed by atoms with Crippen LogP contribution in [0.15, 0.2) is 48.5 Å². The number of ether oxygens (including phenoxy) is 3. The van der Waals surface area contributed by atoms with Gasteiger partial charge < -0.3 is 29.7 Å². The first-order valence-corrected chi connectivity index (χ1v) is 9.53. The molecule has 2 amide bonds. The summed E-state index contributed by atoms with van der Waals surface area (Å²) >= 11 is 0. The molecule has 8 heteroatoms. The quantitative estimate of drug-likeness (QED) is 0.580. The number of methoxy groups -OCH3 is 2. The molecule has 0 bridgehead atoms. The Bertz CT molecular complexity index is 807. The Morgan fingerprint density at radius 3 is 1.90 bits per heavy atom. The molecule has 0 radical (unpaired) electrons. The van der Waals surface area contributed by atoms with Crippen LogP contribution in [0.5, 0.6) is 17.2 Å². The average molecular weight is 415 g/mol. The molecule has 0 aromatic heterocycles. The van der Waals surface area contributed by atoms with Crippen LogP contribution < -0.4 is 24.8 Å². The van der Waals surface area contributed by atoms with E-state index in [4.69, 9.17) is 14.2 Å². The maximum Gasteiger partial charge on any atom is 0.258 e. The first-order valence-electron chi connectivity index (χ1n) is 9.53. The number of hydrogen-bond donors (Lipinski definition) is 2. The number of rotatable bonds is 11. The lowest BCUT2D eigenvalue weighted by atomic mass is 10.1. The molecule has 2 aromatic carbocycles. The summed E-state index contributed by atoms with van der Waals surface area (Å²) in [6, 6.07) is 14.6. The molecule has 2 N–H and O–H groups in total. The highest BCUT2D eigenvalue weighted by atomic mass is 16.5. The van der Waals surface area contributed by atoms with E-state index in [0.717, 1.165) is 11.3 Å². The second-order valence-electron chi connectivity index (χ2n) is 6.80. The Kier molecular flexibility index (Phi) is 8.96. The van der Waals surface area contributed by atoms with Gasteiger partial charge in [0, 0.05) is 6.54 Å². The topological polar surface area (TPSA) is 89.1 Å². The van der Waals surface area contributed by atoms with Crippen molar-refractivity contribution in [2.24, 2.45) is 0 Å². The Labute approximate surface area is 177 Å². The van der Waals surface area contributed by atoms with Crippen molar-refractivity contribution in [3.63, 3.8) is 0 Å². The Balaban J connectivity index is 1.74. The fourth-order valence-electron chi connectivity index (χ4n) is 2.75. The normalized spacial score (nSPS) is 11.5. The molecule has 0 heterocycles. The van der Waals surface area contributed by atoms with Crippen LogP contribution in [0.4, 0.5) is 0 Å². The third-order valence-electron chi connectivity index (χ3n) is 4.49. The van der Waals surface area contributed by atoms with Crippen LogP contribution in [0.25, 0.3) is 0 Å². The third kappa shape index (κ3) is 7.29. The van der Waals surface area contributed by atoms with E-state index in [2.05, 4.69) is 10.6 Å². The largest absolute Gasteiger partial charge is 0.497 e. The minimum atomic E-state index is -0.375. The number of carbonyl (C=O) groups excluding carboxylic acids is 2. The van der Waals surface area contributed by atoms with Gasteiger partial charge in [-0.15, -0.1) is 0 Å². The maximum atomic E-state index is 12.1. The van der Waals surface area contributed by atoms with Gasteiger partial charge in [-0.2, -0.15) is 0 Å². The molecule has 1 unspecified atom stereocenters. The van der Waals surface area contributed by atoms with Gasteiger partial charge in [0.2, 0.25) is 5.91 Å². The Morgan fingerprint density at radius 1 is 0.833 bits per heavy atom. The first-order chi connectivity index (χ1) is 14.4. The van der Waals surface area contributed by atoms with Gasteiger partial charge in [0.05, 0.1) is 26.8 Å². The summed E-state index contributed by atoms with van der Waals surface area (Å²) in [6.07, 6.45) is 0. The molecular weight excluding hydrogens is 386 g/mol. The molecule has 0 aliphatic heterocycles. The number of benzene rings is 2. The number of nitrogens with one attached hydrogen (secondary N) is 2. The molecule has 0 spiro atoms. The second kappa shape index (κ2) is 11.7. The van der Waals surface area contributed by atoms with Gasteiger partial charge in [-0.25, -0.2) is 0 Å². The smallest absolute Gasteiger partial charge is 0.258 e.